The fraction of sp³-hybridized carbons (Fsp3) is 1.00. The topological polar surface area (TPSA) is 89.6 Å². The smallest absolute Gasteiger partial charge is 0.264 e. The SMILES string of the molecule is COS(=O)(=O)O.NCl. The lowest BCUT2D eigenvalue weighted by Gasteiger charge is -1.82. The molecule has 0 bridgehead atoms. The molecule has 7 heteroatoms. The summed E-state index contributed by atoms with van der Waals surface area (Å²) >= 11 is 4.14. The molecule has 0 aliphatic rings. The summed E-state index contributed by atoms with van der Waals surface area (Å²) in [5.41, 5.74) is 0. The Balaban J connectivity index is 0. The Kier molecular flexibility index (Phi) is 7.23. The van der Waals surface area contributed by atoms with Crippen molar-refractivity contribution in [2.45, 2.75) is 0 Å². The summed E-state index contributed by atoms with van der Waals surface area (Å²) in [5, 5.41) is 3.97. The summed E-state index contributed by atoms with van der Waals surface area (Å²) in [6, 6.07) is 0. The second kappa shape index (κ2) is 5.26. The van der Waals surface area contributed by atoms with Crippen LogP contribution in [0.2, 0.25) is 0 Å². The first-order valence-corrected chi connectivity index (χ1v) is 3.11. The van der Waals surface area contributed by atoms with Crippen molar-refractivity contribution in [2.24, 2.45) is 5.25 Å². The van der Waals surface area contributed by atoms with Crippen molar-refractivity contribution in [3.8, 4) is 0 Å². The number of rotatable bonds is 1. The molecule has 0 spiro atoms. The minimum absolute atomic E-state index is 0.870. The Morgan fingerprint density at radius 1 is 1.62 bits per heavy atom. The van der Waals surface area contributed by atoms with Gasteiger partial charge in [0.15, 0.2) is 0 Å². The third kappa shape index (κ3) is 16.5. The second-order valence-electron chi connectivity index (χ2n) is 0.594. The van der Waals surface area contributed by atoms with Crippen molar-refractivity contribution in [1.29, 1.82) is 0 Å². The van der Waals surface area contributed by atoms with Crippen molar-refractivity contribution in [3.05, 3.63) is 0 Å². The molecule has 3 N–H and O–H groups in total. The minimum Gasteiger partial charge on any atom is -0.264 e. The van der Waals surface area contributed by atoms with Crippen LogP contribution in [0.3, 0.4) is 0 Å². The van der Waals surface area contributed by atoms with Crippen LogP contribution in [0.4, 0.5) is 0 Å². The lowest BCUT2D eigenvalue weighted by atomic mass is 11.8. The lowest BCUT2D eigenvalue weighted by molar-refractivity contribution is 0.324. The monoisotopic (exact) mass is 163 g/mol. The van der Waals surface area contributed by atoms with E-state index in [2.05, 4.69) is 21.2 Å². The van der Waals surface area contributed by atoms with Crippen LogP contribution in [0, 0.1) is 0 Å². The van der Waals surface area contributed by atoms with E-state index in [9.17, 15) is 8.42 Å². The summed E-state index contributed by atoms with van der Waals surface area (Å²) in [7, 11) is -3.29. The molecule has 0 amide bonds. The first kappa shape index (κ1) is 11.0. The summed E-state index contributed by atoms with van der Waals surface area (Å²) in [5.74, 6) is 0. The number of hydrogen-bond donors (Lipinski definition) is 2. The van der Waals surface area contributed by atoms with Gasteiger partial charge >= 0.3 is 10.4 Å². The zero-order valence-corrected chi connectivity index (χ0v) is 5.61. The van der Waals surface area contributed by atoms with Gasteiger partial charge in [0.05, 0.1) is 7.11 Å². The fourth-order valence-electron chi connectivity index (χ4n) is 0. The predicted octanol–water partition coefficient (Wildman–Crippen LogP) is -0.465. The van der Waals surface area contributed by atoms with E-state index < -0.39 is 10.4 Å². The molecule has 0 rings (SSSR count). The highest BCUT2D eigenvalue weighted by molar-refractivity contribution is 7.80. The van der Waals surface area contributed by atoms with E-state index >= 15 is 0 Å². The van der Waals surface area contributed by atoms with E-state index in [1.165, 1.54) is 0 Å². The van der Waals surface area contributed by atoms with Crippen LogP contribution < -0.4 is 5.25 Å². The molecule has 0 aliphatic carbocycles. The maximum atomic E-state index is 9.33. The normalized spacial score (nSPS) is 9.50. The van der Waals surface area contributed by atoms with Gasteiger partial charge in [0, 0.05) is 0 Å². The molecule has 0 radical (unpaired) electrons. The van der Waals surface area contributed by atoms with Crippen molar-refractivity contribution in [3.63, 3.8) is 0 Å². The molecule has 0 aliphatic heterocycles. The number of halogens is 1. The molecule has 8 heavy (non-hydrogen) atoms. The zero-order chi connectivity index (χ0) is 7.21. The Morgan fingerprint density at radius 3 is 1.75 bits per heavy atom. The van der Waals surface area contributed by atoms with Crippen molar-refractivity contribution < 1.29 is 17.2 Å². The van der Waals surface area contributed by atoms with E-state index in [1.807, 2.05) is 0 Å². The van der Waals surface area contributed by atoms with Gasteiger partial charge in [-0.3, -0.25) is 8.74 Å². The van der Waals surface area contributed by atoms with Gasteiger partial charge in [0.2, 0.25) is 0 Å². The third-order valence-electron chi connectivity index (χ3n) is 0.211. The quantitative estimate of drug-likeness (QED) is 0.403. The molecule has 0 heterocycles. The van der Waals surface area contributed by atoms with Gasteiger partial charge in [-0.1, -0.05) is 0 Å². The average Bonchev–Trinajstić information content (AvgIpc) is 1.71. The molecule has 0 saturated carbocycles. The van der Waals surface area contributed by atoms with Crippen LogP contribution >= 0.6 is 11.8 Å². The third-order valence-corrected chi connectivity index (χ3v) is 0.632. The maximum Gasteiger partial charge on any atom is 0.397 e. The predicted molar refractivity (Wildman–Crippen MR) is 28.6 cm³/mol. The second-order valence-corrected chi connectivity index (χ2v) is 1.78. The van der Waals surface area contributed by atoms with E-state index in [0.717, 1.165) is 7.11 Å². The summed E-state index contributed by atoms with van der Waals surface area (Å²) < 4.78 is 29.7. The molecular formula is CH6ClNO4S. The first-order chi connectivity index (χ1) is 3.56. The largest absolute Gasteiger partial charge is 0.397 e. The van der Waals surface area contributed by atoms with Gasteiger partial charge in [0.25, 0.3) is 0 Å². The van der Waals surface area contributed by atoms with E-state index in [1.54, 1.807) is 0 Å². The highest BCUT2D eigenvalue weighted by Crippen LogP contribution is 1.74. The summed E-state index contributed by atoms with van der Waals surface area (Å²) in [4.78, 5) is 0. The van der Waals surface area contributed by atoms with Crippen LogP contribution in [0.15, 0.2) is 0 Å². The van der Waals surface area contributed by atoms with Crippen LogP contribution in [-0.4, -0.2) is 20.1 Å². The Bertz CT molecular complexity index is 118. The van der Waals surface area contributed by atoms with Crippen molar-refractivity contribution in [2.75, 3.05) is 7.11 Å². The van der Waals surface area contributed by atoms with Gasteiger partial charge in [-0.25, -0.2) is 5.25 Å². The van der Waals surface area contributed by atoms with Crippen LogP contribution in [0.5, 0.6) is 0 Å². The highest BCUT2D eigenvalue weighted by atomic mass is 35.5. The summed E-state index contributed by atoms with van der Waals surface area (Å²) in [6.07, 6.45) is 0. The van der Waals surface area contributed by atoms with Gasteiger partial charge in [-0.2, -0.15) is 8.42 Å². The zero-order valence-electron chi connectivity index (χ0n) is 4.04. The molecule has 0 aromatic heterocycles. The van der Waals surface area contributed by atoms with Gasteiger partial charge in [-0.05, 0) is 11.8 Å². The van der Waals surface area contributed by atoms with E-state index in [4.69, 9.17) is 4.55 Å². The number of hydrogen-bond acceptors (Lipinski definition) is 4. The first-order valence-electron chi connectivity index (χ1n) is 1.31. The molecule has 0 aromatic carbocycles. The van der Waals surface area contributed by atoms with Gasteiger partial charge in [0.1, 0.15) is 0 Å². The Hall–Kier alpha value is 0.120. The van der Waals surface area contributed by atoms with Crippen molar-refractivity contribution in [1.82, 2.24) is 0 Å². The van der Waals surface area contributed by atoms with Crippen molar-refractivity contribution >= 4 is 22.2 Å². The molecule has 0 fully saturated rings. The number of nitrogens with two attached hydrogens (primary N) is 1. The molecule has 0 atom stereocenters. The van der Waals surface area contributed by atoms with Crippen LogP contribution in [0.1, 0.15) is 0 Å². The highest BCUT2D eigenvalue weighted by Gasteiger charge is 1.93. The molecule has 0 saturated heterocycles. The van der Waals surface area contributed by atoms with E-state index in [0.29, 0.717) is 0 Å². The van der Waals surface area contributed by atoms with Crippen LogP contribution in [0.25, 0.3) is 0 Å². The molecule has 0 aromatic rings. The lowest BCUT2D eigenvalue weighted by Crippen LogP contribution is -1.96. The van der Waals surface area contributed by atoms with E-state index in [-0.39, 0.29) is 0 Å². The Morgan fingerprint density at radius 2 is 1.75 bits per heavy atom. The molecular weight excluding hydrogens is 158 g/mol. The molecule has 52 valence electrons. The van der Waals surface area contributed by atoms with Gasteiger partial charge < -0.3 is 0 Å². The van der Waals surface area contributed by atoms with Gasteiger partial charge in [-0.15, -0.1) is 0 Å². The minimum atomic E-state index is -4.16. The molecule has 0 unspecified atom stereocenters. The molecule has 5 nitrogen and oxygen atoms in total. The standard InChI is InChI=1S/CH4O4S.ClH2N/c1-5-6(2,3)4;1-2/h1H3,(H,2,3,4);2H2. The van der Waals surface area contributed by atoms with Crippen LogP contribution in [-0.2, 0) is 14.6 Å². The Labute approximate surface area is 52.5 Å². The fourth-order valence-corrected chi connectivity index (χ4v) is 0. The average molecular weight is 164 g/mol. The maximum absolute atomic E-state index is 9.33. The summed E-state index contributed by atoms with van der Waals surface area (Å²) in [6.45, 7) is 0.